The lowest BCUT2D eigenvalue weighted by atomic mass is 10.1. The topological polar surface area (TPSA) is 20.3 Å². The number of carbonyl (C=O) groups excluding carboxylic acids is 1. The van der Waals surface area contributed by atoms with Gasteiger partial charge in [0.15, 0.2) is 5.78 Å². The second-order valence-electron chi connectivity index (χ2n) is 4.23. The molecule has 3 heteroatoms. The van der Waals surface area contributed by atoms with Crippen LogP contribution in [0.25, 0.3) is 0 Å². The lowest BCUT2D eigenvalue weighted by molar-refractivity contribution is 0.0976. The molecule has 0 fully saturated rings. The normalized spacial score (nSPS) is 11.3. The van der Waals surface area contributed by atoms with E-state index in [9.17, 15) is 4.79 Å². The molecule has 0 atom stereocenters. The van der Waals surface area contributed by atoms with Crippen LogP contribution in [0.3, 0.4) is 0 Å². The molecule has 2 nitrogen and oxygen atoms in total. The van der Waals surface area contributed by atoms with Crippen LogP contribution in [0.1, 0.15) is 43.3 Å². The maximum Gasteiger partial charge on any atom is 0.172 e. The molecule has 0 unspecified atom stereocenters. The SMILES string of the molecule is CCN(CCCC(=O)c1cccs1)C(C)C. The van der Waals surface area contributed by atoms with Crippen LogP contribution in [0.15, 0.2) is 17.5 Å². The third-order valence-electron chi connectivity index (χ3n) is 2.78. The Morgan fingerprint density at radius 3 is 2.75 bits per heavy atom. The molecule has 0 amide bonds. The molecule has 16 heavy (non-hydrogen) atoms. The summed E-state index contributed by atoms with van der Waals surface area (Å²) in [5.74, 6) is 0.287. The molecule has 0 spiro atoms. The van der Waals surface area contributed by atoms with Crippen LogP contribution < -0.4 is 0 Å². The molecule has 1 aromatic heterocycles. The summed E-state index contributed by atoms with van der Waals surface area (Å²) in [5.41, 5.74) is 0. The van der Waals surface area contributed by atoms with Crippen molar-refractivity contribution in [1.82, 2.24) is 4.90 Å². The molecule has 1 heterocycles. The Kier molecular flexibility index (Phi) is 5.71. The molecule has 0 aromatic carbocycles. The van der Waals surface area contributed by atoms with Gasteiger partial charge in [-0.25, -0.2) is 0 Å². The van der Waals surface area contributed by atoms with Gasteiger partial charge >= 0.3 is 0 Å². The lowest BCUT2D eigenvalue weighted by Crippen LogP contribution is -2.31. The Hall–Kier alpha value is -0.670. The van der Waals surface area contributed by atoms with Crippen molar-refractivity contribution in [3.05, 3.63) is 22.4 Å². The van der Waals surface area contributed by atoms with E-state index in [0.29, 0.717) is 12.5 Å². The van der Waals surface area contributed by atoms with Gasteiger partial charge in [-0.2, -0.15) is 0 Å². The van der Waals surface area contributed by atoms with Gasteiger partial charge in [-0.05, 0) is 44.8 Å². The van der Waals surface area contributed by atoms with E-state index in [-0.39, 0.29) is 5.78 Å². The molecule has 0 N–H and O–H groups in total. The highest BCUT2D eigenvalue weighted by atomic mass is 32.1. The number of ketones is 1. The first-order valence-electron chi connectivity index (χ1n) is 5.96. The maximum absolute atomic E-state index is 11.7. The Bertz CT molecular complexity index is 306. The van der Waals surface area contributed by atoms with Crippen molar-refractivity contribution in [3.63, 3.8) is 0 Å². The van der Waals surface area contributed by atoms with Crippen LogP contribution in [-0.4, -0.2) is 29.8 Å². The Balaban J connectivity index is 2.27. The minimum Gasteiger partial charge on any atom is -0.301 e. The van der Waals surface area contributed by atoms with Gasteiger partial charge in [0.25, 0.3) is 0 Å². The molecule has 0 aliphatic carbocycles. The molecule has 0 aliphatic rings. The minimum absolute atomic E-state index is 0.287. The Morgan fingerprint density at radius 1 is 1.50 bits per heavy atom. The predicted molar refractivity (Wildman–Crippen MR) is 70.3 cm³/mol. The van der Waals surface area contributed by atoms with E-state index in [0.717, 1.165) is 24.4 Å². The highest BCUT2D eigenvalue weighted by molar-refractivity contribution is 7.12. The number of nitrogens with zero attached hydrogens (tertiary/aromatic N) is 1. The summed E-state index contributed by atoms with van der Waals surface area (Å²) in [5, 5.41) is 1.96. The van der Waals surface area contributed by atoms with Crippen LogP contribution in [-0.2, 0) is 0 Å². The number of hydrogen-bond donors (Lipinski definition) is 0. The van der Waals surface area contributed by atoms with Crippen molar-refractivity contribution < 1.29 is 4.79 Å². The highest BCUT2D eigenvalue weighted by Gasteiger charge is 2.09. The number of thiophene rings is 1. The zero-order chi connectivity index (χ0) is 12.0. The molecule has 1 aromatic rings. The lowest BCUT2D eigenvalue weighted by Gasteiger charge is -2.24. The summed E-state index contributed by atoms with van der Waals surface area (Å²) in [6.07, 6.45) is 1.63. The van der Waals surface area contributed by atoms with Crippen molar-refractivity contribution in [1.29, 1.82) is 0 Å². The van der Waals surface area contributed by atoms with Crippen molar-refractivity contribution >= 4 is 17.1 Å². The number of Topliss-reactive ketones (excluding diaryl/α,β-unsaturated/α-hetero) is 1. The maximum atomic E-state index is 11.7. The van der Waals surface area contributed by atoms with Gasteiger partial charge in [0.05, 0.1) is 4.88 Å². The first-order valence-corrected chi connectivity index (χ1v) is 6.83. The van der Waals surface area contributed by atoms with Crippen LogP contribution >= 0.6 is 11.3 Å². The van der Waals surface area contributed by atoms with Gasteiger partial charge in [-0.1, -0.05) is 13.0 Å². The van der Waals surface area contributed by atoms with E-state index >= 15 is 0 Å². The van der Waals surface area contributed by atoms with Gasteiger partial charge in [0, 0.05) is 12.5 Å². The second-order valence-corrected chi connectivity index (χ2v) is 5.17. The molecule has 90 valence electrons. The van der Waals surface area contributed by atoms with E-state index in [1.54, 1.807) is 0 Å². The molecule has 0 saturated heterocycles. The van der Waals surface area contributed by atoms with Crippen LogP contribution in [0, 0.1) is 0 Å². The quantitative estimate of drug-likeness (QED) is 0.679. The van der Waals surface area contributed by atoms with Gasteiger partial charge < -0.3 is 4.90 Å². The summed E-state index contributed by atoms with van der Waals surface area (Å²) >= 11 is 1.54. The minimum atomic E-state index is 0.287. The largest absolute Gasteiger partial charge is 0.301 e. The molecule has 0 radical (unpaired) electrons. The summed E-state index contributed by atoms with van der Waals surface area (Å²) in [6.45, 7) is 8.65. The molecule has 1 rings (SSSR count). The third kappa shape index (κ3) is 4.06. The van der Waals surface area contributed by atoms with Gasteiger partial charge in [0.1, 0.15) is 0 Å². The number of hydrogen-bond acceptors (Lipinski definition) is 3. The van der Waals surface area contributed by atoms with E-state index in [4.69, 9.17) is 0 Å². The molecule has 0 saturated carbocycles. The van der Waals surface area contributed by atoms with Gasteiger partial charge in [-0.15, -0.1) is 11.3 Å². The average molecular weight is 239 g/mol. The smallest absolute Gasteiger partial charge is 0.172 e. The van der Waals surface area contributed by atoms with E-state index in [2.05, 4.69) is 25.7 Å². The summed E-state index contributed by atoms with van der Waals surface area (Å²) in [7, 11) is 0. The Labute approximate surface area is 102 Å². The van der Waals surface area contributed by atoms with Crippen LogP contribution in [0.2, 0.25) is 0 Å². The number of carbonyl (C=O) groups is 1. The highest BCUT2D eigenvalue weighted by Crippen LogP contribution is 2.12. The van der Waals surface area contributed by atoms with Gasteiger partial charge in [0.2, 0.25) is 0 Å². The standard InChI is InChI=1S/C13H21NOS/c1-4-14(11(2)3)9-5-7-12(15)13-8-6-10-16-13/h6,8,10-11H,4-5,7,9H2,1-3H3. The molecule has 0 bridgehead atoms. The molecular weight excluding hydrogens is 218 g/mol. The van der Waals surface area contributed by atoms with Crippen molar-refractivity contribution in [2.45, 2.75) is 39.7 Å². The first kappa shape index (κ1) is 13.4. The summed E-state index contributed by atoms with van der Waals surface area (Å²) < 4.78 is 0. The zero-order valence-corrected chi connectivity index (χ0v) is 11.2. The second kappa shape index (κ2) is 6.81. The van der Waals surface area contributed by atoms with E-state index in [1.165, 1.54) is 11.3 Å². The monoisotopic (exact) mass is 239 g/mol. The fraction of sp³-hybridized carbons (Fsp3) is 0.615. The van der Waals surface area contributed by atoms with Crippen LogP contribution in [0.4, 0.5) is 0 Å². The fourth-order valence-corrected chi connectivity index (χ4v) is 2.48. The van der Waals surface area contributed by atoms with Gasteiger partial charge in [-0.3, -0.25) is 4.79 Å². The summed E-state index contributed by atoms with van der Waals surface area (Å²) in [4.78, 5) is 15.0. The fourth-order valence-electron chi connectivity index (χ4n) is 1.78. The zero-order valence-electron chi connectivity index (χ0n) is 10.4. The number of rotatable bonds is 7. The molecule has 0 aliphatic heterocycles. The van der Waals surface area contributed by atoms with Crippen molar-refractivity contribution in [2.75, 3.05) is 13.1 Å². The van der Waals surface area contributed by atoms with E-state index in [1.807, 2.05) is 17.5 Å². The van der Waals surface area contributed by atoms with E-state index < -0.39 is 0 Å². The van der Waals surface area contributed by atoms with Crippen LogP contribution in [0.5, 0.6) is 0 Å². The van der Waals surface area contributed by atoms with Crippen molar-refractivity contribution in [2.24, 2.45) is 0 Å². The third-order valence-corrected chi connectivity index (χ3v) is 3.69. The first-order chi connectivity index (χ1) is 7.65. The predicted octanol–water partition coefficient (Wildman–Crippen LogP) is 3.44. The average Bonchev–Trinajstić information content (AvgIpc) is 2.76. The van der Waals surface area contributed by atoms with Crippen molar-refractivity contribution in [3.8, 4) is 0 Å². The molecular formula is C13H21NOS. The summed E-state index contributed by atoms with van der Waals surface area (Å²) in [6, 6.07) is 4.42. The Morgan fingerprint density at radius 2 is 2.25 bits per heavy atom.